The maximum absolute atomic E-state index is 5.66. The first kappa shape index (κ1) is 12.5. The number of aromatic amines is 1. The number of H-pyrrole nitrogens is 1. The topological polar surface area (TPSA) is 41.1 Å². The standard InChI is InChI=1S/C15H21N3O/c1-2-9-19-11-12-6-8-18(10-12)14-4-3-13-5-7-16-15(13)17-14/h3-5,7,12H,2,6,8-11H2,1H3,(H,16,17). The van der Waals surface area contributed by atoms with Crippen LogP contribution in [0.15, 0.2) is 24.4 Å². The van der Waals surface area contributed by atoms with Crippen molar-refractivity contribution in [1.82, 2.24) is 9.97 Å². The Bertz CT molecular complexity index is 537. The van der Waals surface area contributed by atoms with Gasteiger partial charge in [0.1, 0.15) is 11.5 Å². The first-order valence-corrected chi connectivity index (χ1v) is 7.13. The van der Waals surface area contributed by atoms with Crippen LogP contribution >= 0.6 is 0 Å². The predicted molar refractivity (Wildman–Crippen MR) is 77.5 cm³/mol. The highest BCUT2D eigenvalue weighted by atomic mass is 16.5. The van der Waals surface area contributed by atoms with Gasteiger partial charge in [0.25, 0.3) is 0 Å². The summed E-state index contributed by atoms with van der Waals surface area (Å²) in [4.78, 5) is 10.2. The molecule has 1 saturated heterocycles. The number of rotatable bonds is 5. The molecule has 0 aromatic carbocycles. The molecule has 2 aromatic heterocycles. The van der Waals surface area contributed by atoms with E-state index in [9.17, 15) is 0 Å². The Morgan fingerprint density at radius 1 is 1.42 bits per heavy atom. The lowest BCUT2D eigenvalue weighted by atomic mass is 10.1. The minimum Gasteiger partial charge on any atom is -0.381 e. The van der Waals surface area contributed by atoms with Gasteiger partial charge in [-0.3, -0.25) is 0 Å². The number of nitrogens with one attached hydrogen (secondary N) is 1. The van der Waals surface area contributed by atoms with Gasteiger partial charge in [0.15, 0.2) is 0 Å². The lowest BCUT2D eigenvalue weighted by molar-refractivity contribution is 0.106. The van der Waals surface area contributed by atoms with Gasteiger partial charge in [0, 0.05) is 37.2 Å². The molecule has 1 aliphatic rings. The Morgan fingerprint density at radius 3 is 3.26 bits per heavy atom. The SMILES string of the molecule is CCCOCC1CCN(c2ccc3cc[nH]c3n2)C1. The molecule has 19 heavy (non-hydrogen) atoms. The monoisotopic (exact) mass is 259 g/mol. The second-order valence-electron chi connectivity index (χ2n) is 5.26. The van der Waals surface area contributed by atoms with Crippen molar-refractivity contribution in [3.05, 3.63) is 24.4 Å². The highest BCUT2D eigenvalue weighted by Gasteiger charge is 2.23. The van der Waals surface area contributed by atoms with Gasteiger partial charge in [-0.15, -0.1) is 0 Å². The number of aromatic nitrogens is 2. The van der Waals surface area contributed by atoms with E-state index in [4.69, 9.17) is 4.74 Å². The maximum atomic E-state index is 5.66. The van der Waals surface area contributed by atoms with Crippen LogP contribution in [0, 0.1) is 5.92 Å². The second kappa shape index (κ2) is 5.61. The summed E-state index contributed by atoms with van der Waals surface area (Å²) < 4.78 is 5.66. The van der Waals surface area contributed by atoms with Crippen molar-refractivity contribution >= 4 is 16.9 Å². The second-order valence-corrected chi connectivity index (χ2v) is 5.26. The van der Waals surface area contributed by atoms with E-state index in [0.29, 0.717) is 5.92 Å². The zero-order valence-corrected chi connectivity index (χ0v) is 11.4. The number of ether oxygens (including phenoxy) is 1. The molecule has 1 atom stereocenters. The maximum Gasteiger partial charge on any atom is 0.139 e. The van der Waals surface area contributed by atoms with Gasteiger partial charge < -0.3 is 14.6 Å². The van der Waals surface area contributed by atoms with E-state index in [0.717, 1.165) is 44.2 Å². The van der Waals surface area contributed by atoms with Crippen molar-refractivity contribution in [3.8, 4) is 0 Å². The Kier molecular flexibility index (Phi) is 3.69. The summed E-state index contributed by atoms with van der Waals surface area (Å²) >= 11 is 0. The molecule has 4 heteroatoms. The normalized spacial score (nSPS) is 19.4. The quantitative estimate of drug-likeness (QED) is 0.839. The predicted octanol–water partition coefficient (Wildman–Crippen LogP) is 2.82. The van der Waals surface area contributed by atoms with Gasteiger partial charge in [-0.25, -0.2) is 4.98 Å². The van der Waals surface area contributed by atoms with Gasteiger partial charge in [-0.2, -0.15) is 0 Å². The third kappa shape index (κ3) is 2.73. The van der Waals surface area contributed by atoms with Crippen molar-refractivity contribution < 1.29 is 4.74 Å². The summed E-state index contributed by atoms with van der Waals surface area (Å²) in [6.45, 7) is 6.05. The molecular formula is C15H21N3O. The van der Waals surface area contributed by atoms with Crippen LogP contribution in [0.1, 0.15) is 19.8 Å². The molecule has 3 heterocycles. The number of anilines is 1. The number of fused-ring (bicyclic) bond motifs is 1. The summed E-state index contributed by atoms with van der Waals surface area (Å²) in [6.07, 6.45) is 4.24. The largest absolute Gasteiger partial charge is 0.381 e. The van der Waals surface area contributed by atoms with E-state index in [1.165, 1.54) is 11.8 Å². The lowest BCUT2D eigenvalue weighted by Crippen LogP contribution is -2.22. The fourth-order valence-corrected chi connectivity index (χ4v) is 2.67. The first-order valence-electron chi connectivity index (χ1n) is 7.13. The van der Waals surface area contributed by atoms with Crippen LogP contribution in [0.25, 0.3) is 11.0 Å². The molecular weight excluding hydrogens is 238 g/mol. The molecule has 1 unspecified atom stereocenters. The molecule has 1 aliphatic heterocycles. The number of hydrogen-bond acceptors (Lipinski definition) is 3. The Morgan fingerprint density at radius 2 is 2.37 bits per heavy atom. The zero-order chi connectivity index (χ0) is 13.1. The molecule has 0 aliphatic carbocycles. The third-order valence-corrected chi connectivity index (χ3v) is 3.71. The van der Waals surface area contributed by atoms with Gasteiger partial charge in [0.05, 0.1) is 6.61 Å². The molecule has 0 saturated carbocycles. The van der Waals surface area contributed by atoms with Gasteiger partial charge in [0.2, 0.25) is 0 Å². The molecule has 3 rings (SSSR count). The third-order valence-electron chi connectivity index (χ3n) is 3.71. The van der Waals surface area contributed by atoms with E-state index in [-0.39, 0.29) is 0 Å². The summed E-state index contributed by atoms with van der Waals surface area (Å²) in [7, 11) is 0. The average molecular weight is 259 g/mol. The van der Waals surface area contributed by atoms with Crippen LogP contribution in [0.5, 0.6) is 0 Å². The molecule has 1 fully saturated rings. The summed E-state index contributed by atoms with van der Waals surface area (Å²) in [6, 6.07) is 6.30. The molecule has 0 spiro atoms. The number of nitrogens with zero attached hydrogens (tertiary/aromatic N) is 2. The highest BCUT2D eigenvalue weighted by Crippen LogP contribution is 2.24. The highest BCUT2D eigenvalue weighted by molar-refractivity contribution is 5.77. The molecule has 0 radical (unpaired) electrons. The van der Waals surface area contributed by atoms with Gasteiger partial charge in [-0.05, 0) is 31.0 Å². The van der Waals surface area contributed by atoms with Crippen molar-refractivity contribution in [2.45, 2.75) is 19.8 Å². The fourth-order valence-electron chi connectivity index (χ4n) is 2.67. The van der Waals surface area contributed by atoms with E-state index >= 15 is 0 Å². The Hall–Kier alpha value is -1.55. The van der Waals surface area contributed by atoms with Crippen LogP contribution in [0.2, 0.25) is 0 Å². The van der Waals surface area contributed by atoms with Gasteiger partial charge in [-0.1, -0.05) is 6.92 Å². The van der Waals surface area contributed by atoms with Crippen LogP contribution in [-0.4, -0.2) is 36.3 Å². The van der Waals surface area contributed by atoms with E-state index in [1.54, 1.807) is 0 Å². The minimum absolute atomic E-state index is 0.646. The zero-order valence-electron chi connectivity index (χ0n) is 11.4. The summed E-state index contributed by atoms with van der Waals surface area (Å²) in [5, 5.41) is 1.17. The molecule has 4 nitrogen and oxygen atoms in total. The molecule has 2 aromatic rings. The Balaban J connectivity index is 1.63. The van der Waals surface area contributed by atoms with E-state index in [1.807, 2.05) is 6.20 Å². The average Bonchev–Trinajstić information content (AvgIpc) is 3.06. The van der Waals surface area contributed by atoms with Crippen LogP contribution in [0.4, 0.5) is 5.82 Å². The summed E-state index contributed by atoms with van der Waals surface area (Å²) in [5.74, 6) is 1.72. The van der Waals surface area contributed by atoms with E-state index in [2.05, 4.69) is 40.0 Å². The van der Waals surface area contributed by atoms with Crippen LogP contribution in [0.3, 0.4) is 0 Å². The van der Waals surface area contributed by atoms with Crippen LogP contribution < -0.4 is 4.90 Å². The fraction of sp³-hybridized carbons (Fsp3) is 0.533. The first-order chi connectivity index (χ1) is 9.36. The minimum atomic E-state index is 0.646. The van der Waals surface area contributed by atoms with Crippen molar-refractivity contribution in [1.29, 1.82) is 0 Å². The molecule has 1 N–H and O–H groups in total. The van der Waals surface area contributed by atoms with Crippen molar-refractivity contribution in [3.63, 3.8) is 0 Å². The molecule has 0 bridgehead atoms. The smallest absolute Gasteiger partial charge is 0.139 e. The molecule has 102 valence electrons. The molecule has 0 amide bonds. The van der Waals surface area contributed by atoms with Gasteiger partial charge >= 0.3 is 0 Å². The van der Waals surface area contributed by atoms with Crippen molar-refractivity contribution in [2.24, 2.45) is 5.92 Å². The van der Waals surface area contributed by atoms with E-state index < -0.39 is 0 Å². The number of hydrogen-bond donors (Lipinski definition) is 1. The Labute approximate surface area is 113 Å². The number of pyridine rings is 1. The van der Waals surface area contributed by atoms with Crippen LogP contribution in [-0.2, 0) is 4.74 Å². The lowest BCUT2D eigenvalue weighted by Gasteiger charge is -2.17. The van der Waals surface area contributed by atoms with Crippen molar-refractivity contribution in [2.75, 3.05) is 31.2 Å². The summed E-state index contributed by atoms with van der Waals surface area (Å²) in [5.41, 5.74) is 0.975.